The van der Waals surface area contributed by atoms with Gasteiger partial charge in [0.1, 0.15) is 0 Å². The molecule has 9 heteroatoms. The second-order valence-electron chi connectivity index (χ2n) is 6.75. The van der Waals surface area contributed by atoms with Crippen LogP contribution < -0.4 is 9.62 Å². The third-order valence-electron chi connectivity index (χ3n) is 4.69. The number of benzene rings is 2. The molecule has 29 heavy (non-hydrogen) atoms. The standard InChI is InChI=1S/C20H22Cl2N2O3S2/c1-14-12-15(7-8-19(14)24-10-3-6-20(24)25)29(26,27)23-9-11-28-13-16-17(21)4-2-5-18(16)22/h2,4-5,7-8,12,23H,3,6,9-11,13H2,1H3. The number of aryl methyl sites for hydroxylation is 1. The molecule has 1 amide bonds. The van der Waals surface area contributed by atoms with Crippen LogP contribution in [0.15, 0.2) is 41.3 Å². The minimum Gasteiger partial charge on any atom is -0.312 e. The molecule has 0 aromatic heterocycles. The van der Waals surface area contributed by atoms with Gasteiger partial charge in [-0.1, -0.05) is 29.3 Å². The molecule has 1 N–H and O–H groups in total. The molecule has 156 valence electrons. The maximum absolute atomic E-state index is 12.6. The Morgan fingerprint density at radius 3 is 2.52 bits per heavy atom. The topological polar surface area (TPSA) is 66.5 Å². The summed E-state index contributed by atoms with van der Waals surface area (Å²) in [6.45, 7) is 2.79. The van der Waals surface area contributed by atoms with Gasteiger partial charge in [-0.2, -0.15) is 11.8 Å². The van der Waals surface area contributed by atoms with Crippen molar-refractivity contribution >= 4 is 56.6 Å². The van der Waals surface area contributed by atoms with E-state index >= 15 is 0 Å². The molecule has 1 aliphatic rings. The lowest BCUT2D eigenvalue weighted by Crippen LogP contribution is -2.27. The number of hydrogen-bond donors (Lipinski definition) is 1. The van der Waals surface area contributed by atoms with E-state index in [2.05, 4.69) is 4.72 Å². The Morgan fingerprint density at radius 2 is 1.90 bits per heavy atom. The minimum absolute atomic E-state index is 0.0810. The monoisotopic (exact) mass is 472 g/mol. The van der Waals surface area contributed by atoms with Crippen molar-refractivity contribution in [1.82, 2.24) is 4.72 Å². The smallest absolute Gasteiger partial charge is 0.240 e. The fourth-order valence-electron chi connectivity index (χ4n) is 3.18. The Kier molecular flexibility index (Phi) is 7.51. The van der Waals surface area contributed by atoms with E-state index in [0.717, 1.165) is 23.2 Å². The van der Waals surface area contributed by atoms with Crippen molar-refractivity contribution in [3.8, 4) is 0 Å². The lowest BCUT2D eigenvalue weighted by atomic mass is 10.2. The largest absolute Gasteiger partial charge is 0.312 e. The van der Waals surface area contributed by atoms with Crippen LogP contribution in [0.25, 0.3) is 0 Å². The number of nitrogens with one attached hydrogen (secondary N) is 1. The van der Waals surface area contributed by atoms with Gasteiger partial charge in [0.2, 0.25) is 15.9 Å². The van der Waals surface area contributed by atoms with E-state index in [1.165, 1.54) is 0 Å². The van der Waals surface area contributed by atoms with Gasteiger partial charge < -0.3 is 4.90 Å². The highest BCUT2D eigenvalue weighted by Crippen LogP contribution is 2.29. The van der Waals surface area contributed by atoms with Gasteiger partial charge in [-0.05, 0) is 54.8 Å². The number of anilines is 1. The molecule has 2 aromatic rings. The molecule has 3 rings (SSSR count). The van der Waals surface area contributed by atoms with Crippen LogP contribution in [0.2, 0.25) is 10.0 Å². The quantitative estimate of drug-likeness (QED) is 0.568. The van der Waals surface area contributed by atoms with Crippen LogP contribution in [0.4, 0.5) is 5.69 Å². The summed E-state index contributed by atoms with van der Waals surface area (Å²) in [6, 6.07) is 10.2. The zero-order valence-electron chi connectivity index (χ0n) is 16.0. The van der Waals surface area contributed by atoms with Gasteiger partial charge in [0, 0.05) is 46.7 Å². The molecule has 0 saturated carbocycles. The first-order valence-corrected chi connectivity index (χ1v) is 12.6. The summed E-state index contributed by atoms with van der Waals surface area (Å²) in [4.78, 5) is 13.8. The van der Waals surface area contributed by atoms with Gasteiger partial charge in [-0.15, -0.1) is 0 Å². The summed E-state index contributed by atoms with van der Waals surface area (Å²) in [7, 11) is -3.62. The maximum atomic E-state index is 12.6. The van der Waals surface area contributed by atoms with Crippen molar-refractivity contribution in [3.63, 3.8) is 0 Å². The van der Waals surface area contributed by atoms with Crippen LogP contribution in [-0.4, -0.2) is 33.2 Å². The molecule has 0 aliphatic carbocycles. The van der Waals surface area contributed by atoms with Crippen molar-refractivity contribution in [1.29, 1.82) is 0 Å². The number of amides is 1. The SMILES string of the molecule is Cc1cc(S(=O)(=O)NCCSCc2c(Cl)cccc2Cl)ccc1N1CCCC1=O. The van der Waals surface area contributed by atoms with E-state index in [1.54, 1.807) is 53.1 Å². The van der Waals surface area contributed by atoms with Gasteiger partial charge >= 0.3 is 0 Å². The Hall–Kier alpha value is -1.25. The summed E-state index contributed by atoms with van der Waals surface area (Å²) in [5.41, 5.74) is 2.40. The van der Waals surface area contributed by atoms with Crippen LogP contribution in [0.1, 0.15) is 24.0 Å². The molecule has 1 saturated heterocycles. The van der Waals surface area contributed by atoms with Crippen molar-refractivity contribution < 1.29 is 13.2 Å². The van der Waals surface area contributed by atoms with Gasteiger partial charge in [0.05, 0.1) is 4.90 Å². The van der Waals surface area contributed by atoms with E-state index in [9.17, 15) is 13.2 Å². The van der Waals surface area contributed by atoms with Crippen molar-refractivity contribution in [3.05, 3.63) is 57.6 Å². The number of rotatable bonds is 8. The lowest BCUT2D eigenvalue weighted by Gasteiger charge is -2.19. The number of sulfonamides is 1. The second kappa shape index (κ2) is 9.71. The third-order valence-corrected chi connectivity index (χ3v) is 7.84. The maximum Gasteiger partial charge on any atom is 0.240 e. The van der Waals surface area contributed by atoms with Gasteiger partial charge in [-0.25, -0.2) is 13.1 Å². The molecule has 0 atom stereocenters. The van der Waals surface area contributed by atoms with Crippen molar-refractivity contribution in [2.75, 3.05) is 23.7 Å². The zero-order chi connectivity index (χ0) is 21.0. The number of carbonyl (C=O) groups excluding carboxylic acids is 1. The first kappa shape index (κ1) is 22.4. The van der Waals surface area contributed by atoms with Crippen LogP contribution in [0.5, 0.6) is 0 Å². The Bertz CT molecular complexity index is 993. The second-order valence-corrected chi connectivity index (χ2v) is 10.4. The van der Waals surface area contributed by atoms with E-state index in [1.807, 2.05) is 6.92 Å². The number of halogens is 2. The van der Waals surface area contributed by atoms with E-state index < -0.39 is 10.0 Å². The Labute approximate surface area is 185 Å². The number of hydrogen-bond acceptors (Lipinski definition) is 4. The Morgan fingerprint density at radius 1 is 1.17 bits per heavy atom. The van der Waals surface area contributed by atoms with Crippen LogP contribution >= 0.6 is 35.0 Å². The fourth-order valence-corrected chi connectivity index (χ4v) is 6.02. The Balaban J connectivity index is 1.56. The molecule has 0 unspecified atom stereocenters. The van der Waals surface area contributed by atoms with E-state index in [4.69, 9.17) is 23.2 Å². The van der Waals surface area contributed by atoms with Gasteiger partial charge in [0.15, 0.2) is 0 Å². The highest BCUT2D eigenvalue weighted by molar-refractivity contribution is 7.98. The first-order valence-electron chi connectivity index (χ1n) is 9.21. The molecule has 1 fully saturated rings. The summed E-state index contributed by atoms with van der Waals surface area (Å²) in [5, 5.41) is 1.22. The molecule has 0 bridgehead atoms. The van der Waals surface area contributed by atoms with Crippen LogP contribution in [-0.2, 0) is 20.6 Å². The van der Waals surface area contributed by atoms with Crippen molar-refractivity contribution in [2.45, 2.75) is 30.4 Å². The molecule has 5 nitrogen and oxygen atoms in total. The van der Waals surface area contributed by atoms with Gasteiger partial charge in [0.25, 0.3) is 0 Å². The third kappa shape index (κ3) is 5.47. The molecule has 0 radical (unpaired) electrons. The molecular formula is C20H22Cl2N2O3S2. The number of thioether (sulfide) groups is 1. The first-order chi connectivity index (χ1) is 13.8. The lowest BCUT2D eigenvalue weighted by molar-refractivity contribution is -0.117. The number of nitrogens with zero attached hydrogens (tertiary/aromatic N) is 1. The highest BCUT2D eigenvalue weighted by atomic mass is 35.5. The molecular weight excluding hydrogens is 451 g/mol. The van der Waals surface area contributed by atoms with Gasteiger partial charge in [-0.3, -0.25) is 4.79 Å². The van der Waals surface area contributed by atoms with E-state index in [0.29, 0.717) is 41.1 Å². The fraction of sp³-hybridized carbons (Fsp3) is 0.350. The normalized spacial score (nSPS) is 14.6. The highest BCUT2D eigenvalue weighted by Gasteiger charge is 2.24. The molecule has 1 aliphatic heterocycles. The molecule has 2 aromatic carbocycles. The summed E-state index contributed by atoms with van der Waals surface area (Å²) in [5.74, 6) is 1.27. The zero-order valence-corrected chi connectivity index (χ0v) is 19.1. The summed E-state index contributed by atoms with van der Waals surface area (Å²) >= 11 is 13.8. The average molecular weight is 473 g/mol. The molecule has 1 heterocycles. The van der Waals surface area contributed by atoms with E-state index in [-0.39, 0.29) is 10.8 Å². The summed E-state index contributed by atoms with van der Waals surface area (Å²) in [6.07, 6.45) is 1.37. The van der Waals surface area contributed by atoms with Crippen molar-refractivity contribution in [2.24, 2.45) is 0 Å². The predicted octanol–water partition coefficient (Wildman–Crippen LogP) is 4.64. The van der Waals surface area contributed by atoms with Crippen LogP contribution in [0, 0.1) is 6.92 Å². The predicted molar refractivity (Wildman–Crippen MR) is 121 cm³/mol. The number of carbonyl (C=O) groups is 1. The summed E-state index contributed by atoms with van der Waals surface area (Å²) < 4.78 is 27.8. The molecule has 0 spiro atoms. The minimum atomic E-state index is -3.62. The average Bonchev–Trinajstić information content (AvgIpc) is 3.09. The van der Waals surface area contributed by atoms with Crippen LogP contribution in [0.3, 0.4) is 0 Å².